The molecular formula is C36H70N2O5. The fraction of sp³-hybridized carbons (Fsp3) is 0.917. The van der Waals surface area contributed by atoms with Gasteiger partial charge >= 0.3 is 11.9 Å². The maximum atomic E-state index is 12.6. The van der Waals surface area contributed by atoms with Crippen LogP contribution in [0.15, 0.2) is 0 Å². The Bertz CT molecular complexity index is 658. The lowest BCUT2D eigenvalue weighted by molar-refractivity contribution is -0.150. The van der Waals surface area contributed by atoms with Gasteiger partial charge in [-0.2, -0.15) is 0 Å². The standard InChI is InChI=1S/C36H70N2O5/c1-3-5-7-9-11-12-13-15-17-21-26-32(43-35(40)30-24-20-14-10-8-6-4-2)27-22-18-16-19-23-29-34(39)38-33(36(41)42)28-25-31-37/h32-33H,3-31,37H2,1-2H3,(H,38,39)(H,41,42). The number of esters is 1. The monoisotopic (exact) mass is 611 g/mol. The van der Waals surface area contributed by atoms with Crippen LogP contribution in [0.4, 0.5) is 0 Å². The van der Waals surface area contributed by atoms with Crippen molar-refractivity contribution in [2.75, 3.05) is 6.54 Å². The van der Waals surface area contributed by atoms with Crippen molar-refractivity contribution < 1.29 is 24.2 Å². The van der Waals surface area contributed by atoms with Crippen LogP contribution in [0.1, 0.15) is 194 Å². The van der Waals surface area contributed by atoms with Gasteiger partial charge in [-0.3, -0.25) is 9.59 Å². The van der Waals surface area contributed by atoms with Crippen LogP contribution in [-0.4, -0.2) is 41.6 Å². The van der Waals surface area contributed by atoms with E-state index in [2.05, 4.69) is 19.2 Å². The lowest BCUT2D eigenvalue weighted by Gasteiger charge is -2.18. The summed E-state index contributed by atoms with van der Waals surface area (Å²) in [5.41, 5.74) is 5.46. The third-order valence-electron chi connectivity index (χ3n) is 8.42. The van der Waals surface area contributed by atoms with E-state index in [0.717, 1.165) is 64.2 Å². The van der Waals surface area contributed by atoms with E-state index in [4.69, 9.17) is 10.5 Å². The molecule has 2 atom stereocenters. The molecule has 0 aliphatic rings. The molecule has 0 aromatic rings. The predicted octanol–water partition coefficient (Wildman–Crippen LogP) is 9.39. The molecule has 0 aromatic carbocycles. The molecular weight excluding hydrogens is 540 g/mol. The quantitative estimate of drug-likeness (QED) is 0.0503. The highest BCUT2D eigenvalue weighted by Gasteiger charge is 2.19. The molecule has 4 N–H and O–H groups in total. The van der Waals surface area contributed by atoms with Crippen LogP contribution in [0.3, 0.4) is 0 Å². The van der Waals surface area contributed by atoms with Gasteiger partial charge in [0.2, 0.25) is 5.91 Å². The molecule has 7 heteroatoms. The van der Waals surface area contributed by atoms with Crippen LogP contribution in [0.2, 0.25) is 0 Å². The number of carboxylic acid groups (broad SMARTS) is 1. The molecule has 0 saturated heterocycles. The number of nitrogens with two attached hydrogens (primary N) is 1. The summed E-state index contributed by atoms with van der Waals surface area (Å²) in [7, 11) is 0. The molecule has 0 rings (SSSR count). The molecule has 0 saturated carbocycles. The van der Waals surface area contributed by atoms with Gasteiger partial charge in [0.15, 0.2) is 0 Å². The minimum absolute atomic E-state index is 0.0252. The maximum absolute atomic E-state index is 12.6. The highest BCUT2D eigenvalue weighted by molar-refractivity contribution is 5.83. The van der Waals surface area contributed by atoms with Gasteiger partial charge in [0.1, 0.15) is 12.1 Å². The van der Waals surface area contributed by atoms with Gasteiger partial charge in [-0.05, 0) is 57.9 Å². The molecule has 43 heavy (non-hydrogen) atoms. The van der Waals surface area contributed by atoms with E-state index < -0.39 is 12.0 Å². The number of hydrogen-bond acceptors (Lipinski definition) is 5. The van der Waals surface area contributed by atoms with Crippen LogP contribution >= 0.6 is 0 Å². The van der Waals surface area contributed by atoms with Gasteiger partial charge in [-0.25, -0.2) is 4.79 Å². The Hall–Kier alpha value is -1.63. The Morgan fingerprint density at radius 2 is 1.00 bits per heavy atom. The number of carbonyl (C=O) groups is 3. The molecule has 0 radical (unpaired) electrons. The minimum atomic E-state index is -1.00. The van der Waals surface area contributed by atoms with Crippen molar-refractivity contribution in [1.82, 2.24) is 5.32 Å². The Labute approximate surface area is 265 Å². The first-order chi connectivity index (χ1) is 20.9. The smallest absolute Gasteiger partial charge is 0.326 e. The number of unbranched alkanes of at least 4 members (excludes halogenated alkanes) is 19. The summed E-state index contributed by atoms with van der Waals surface area (Å²) in [5, 5.41) is 11.9. The van der Waals surface area contributed by atoms with Crippen molar-refractivity contribution in [3.8, 4) is 0 Å². The Kier molecular flexibility index (Phi) is 30.6. The fourth-order valence-corrected chi connectivity index (χ4v) is 5.63. The normalized spacial score (nSPS) is 12.6. The number of aliphatic carboxylic acids is 1. The number of nitrogens with one attached hydrogen (secondary N) is 1. The number of rotatable bonds is 33. The lowest BCUT2D eigenvalue weighted by atomic mass is 10.0. The van der Waals surface area contributed by atoms with Crippen LogP contribution in [-0.2, 0) is 19.1 Å². The van der Waals surface area contributed by atoms with Crippen molar-refractivity contribution in [2.24, 2.45) is 5.73 Å². The fourth-order valence-electron chi connectivity index (χ4n) is 5.63. The highest BCUT2D eigenvalue weighted by atomic mass is 16.5. The SMILES string of the molecule is CCCCCCCCCCCCC(CCCCCCCC(=O)NC(CCCN)C(=O)O)OC(=O)CCCCCCCCC. The maximum Gasteiger partial charge on any atom is 0.326 e. The zero-order chi connectivity index (χ0) is 31.8. The Balaban J connectivity index is 4.27. The topological polar surface area (TPSA) is 119 Å². The van der Waals surface area contributed by atoms with E-state index in [-0.39, 0.29) is 18.0 Å². The van der Waals surface area contributed by atoms with Gasteiger partial charge in [0.05, 0.1) is 0 Å². The van der Waals surface area contributed by atoms with Crippen LogP contribution in [0.25, 0.3) is 0 Å². The third-order valence-corrected chi connectivity index (χ3v) is 8.42. The molecule has 0 heterocycles. The number of ether oxygens (including phenoxy) is 1. The lowest BCUT2D eigenvalue weighted by Crippen LogP contribution is -2.40. The summed E-state index contributed by atoms with van der Waals surface area (Å²) >= 11 is 0. The molecule has 0 aliphatic carbocycles. The number of carboxylic acids is 1. The molecule has 0 fully saturated rings. The van der Waals surface area contributed by atoms with Crippen molar-refractivity contribution in [1.29, 1.82) is 0 Å². The van der Waals surface area contributed by atoms with Crippen molar-refractivity contribution in [2.45, 2.75) is 206 Å². The zero-order valence-corrected chi connectivity index (χ0v) is 28.3. The second-order valence-electron chi connectivity index (χ2n) is 12.6. The van der Waals surface area contributed by atoms with E-state index in [1.165, 1.54) is 89.9 Å². The average molecular weight is 611 g/mol. The molecule has 0 spiro atoms. The Morgan fingerprint density at radius 1 is 0.581 bits per heavy atom. The van der Waals surface area contributed by atoms with Gasteiger partial charge in [-0.1, -0.05) is 129 Å². The largest absolute Gasteiger partial charge is 0.480 e. The molecule has 2 unspecified atom stereocenters. The highest BCUT2D eigenvalue weighted by Crippen LogP contribution is 2.19. The Morgan fingerprint density at radius 3 is 1.44 bits per heavy atom. The summed E-state index contributed by atoms with van der Waals surface area (Å²) in [5.74, 6) is -1.23. The molecule has 7 nitrogen and oxygen atoms in total. The average Bonchev–Trinajstić information content (AvgIpc) is 2.98. The van der Waals surface area contributed by atoms with E-state index in [9.17, 15) is 19.5 Å². The zero-order valence-electron chi connectivity index (χ0n) is 28.3. The van der Waals surface area contributed by atoms with Gasteiger partial charge in [0.25, 0.3) is 0 Å². The second kappa shape index (κ2) is 31.8. The summed E-state index contributed by atoms with van der Waals surface area (Å²) < 4.78 is 5.97. The number of carbonyl (C=O) groups excluding carboxylic acids is 2. The van der Waals surface area contributed by atoms with Crippen molar-refractivity contribution in [3.05, 3.63) is 0 Å². The third kappa shape index (κ3) is 28.9. The van der Waals surface area contributed by atoms with E-state index >= 15 is 0 Å². The first-order valence-corrected chi connectivity index (χ1v) is 18.4. The minimum Gasteiger partial charge on any atom is -0.480 e. The van der Waals surface area contributed by atoms with Gasteiger partial charge in [-0.15, -0.1) is 0 Å². The number of amides is 1. The second-order valence-corrected chi connectivity index (χ2v) is 12.6. The van der Waals surface area contributed by atoms with Crippen LogP contribution < -0.4 is 11.1 Å². The van der Waals surface area contributed by atoms with Crippen molar-refractivity contribution in [3.63, 3.8) is 0 Å². The molecule has 1 amide bonds. The summed E-state index contributed by atoms with van der Waals surface area (Å²) in [6.45, 7) is 4.91. The van der Waals surface area contributed by atoms with Crippen molar-refractivity contribution >= 4 is 17.8 Å². The summed E-state index contributed by atoms with van der Waals surface area (Å²) in [6.07, 6.45) is 30.0. The van der Waals surface area contributed by atoms with Crippen LogP contribution in [0.5, 0.6) is 0 Å². The summed E-state index contributed by atoms with van der Waals surface area (Å²) in [4.78, 5) is 36.0. The molecule has 0 bridgehead atoms. The van der Waals surface area contributed by atoms with Crippen LogP contribution in [0, 0.1) is 0 Å². The van der Waals surface area contributed by atoms with Gasteiger partial charge in [0, 0.05) is 12.8 Å². The first-order valence-electron chi connectivity index (χ1n) is 18.4. The molecule has 254 valence electrons. The van der Waals surface area contributed by atoms with E-state index in [1.807, 2.05) is 0 Å². The van der Waals surface area contributed by atoms with E-state index in [0.29, 0.717) is 32.2 Å². The van der Waals surface area contributed by atoms with E-state index in [1.54, 1.807) is 0 Å². The van der Waals surface area contributed by atoms with Gasteiger partial charge < -0.3 is 20.9 Å². The summed E-state index contributed by atoms with van der Waals surface area (Å²) in [6, 6.07) is -0.850. The molecule has 0 aromatic heterocycles. The predicted molar refractivity (Wildman–Crippen MR) is 179 cm³/mol. The first kappa shape index (κ1) is 41.4. The molecule has 0 aliphatic heterocycles. The number of hydrogen-bond donors (Lipinski definition) is 3.